The molecule has 2 aliphatic rings. The lowest BCUT2D eigenvalue weighted by Gasteiger charge is -2.32. The molecule has 1 aromatic rings. The summed E-state index contributed by atoms with van der Waals surface area (Å²) in [6.07, 6.45) is 7.14. The fraction of sp³-hybridized carbons (Fsp3) is 0.700. The van der Waals surface area contributed by atoms with E-state index in [4.69, 9.17) is 0 Å². The van der Waals surface area contributed by atoms with Gasteiger partial charge in [0.15, 0.2) is 9.84 Å². The first-order valence-corrected chi connectivity index (χ1v) is 13.3. The van der Waals surface area contributed by atoms with Crippen LogP contribution in [-0.2, 0) is 19.9 Å². The molecule has 7 heteroatoms. The lowest BCUT2D eigenvalue weighted by atomic mass is 9.84. The maximum Gasteiger partial charge on any atom is 0.243 e. The van der Waals surface area contributed by atoms with Crippen molar-refractivity contribution in [2.24, 2.45) is 0 Å². The summed E-state index contributed by atoms with van der Waals surface area (Å²) in [5.41, 5.74) is 1.21. The molecule has 0 amide bonds. The monoisotopic (exact) mass is 413 g/mol. The SMILES string of the molecule is CC[C@H](C)N([C@H]1CCS(=O)(=O)C1)S(=O)(=O)c1ccc(C2CCCCC2)cc1. The van der Waals surface area contributed by atoms with E-state index in [1.807, 2.05) is 26.0 Å². The van der Waals surface area contributed by atoms with E-state index in [-0.39, 0.29) is 22.4 Å². The van der Waals surface area contributed by atoms with Crippen molar-refractivity contribution in [1.82, 2.24) is 4.31 Å². The summed E-state index contributed by atoms with van der Waals surface area (Å²) >= 11 is 0. The van der Waals surface area contributed by atoms with E-state index in [1.165, 1.54) is 42.0 Å². The van der Waals surface area contributed by atoms with E-state index in [9.17, 15) is 16.8 Å². The Kier molecular flexibility index (Phi) is 6.33. The predicted molar refractivity (Wildman–Crippen MR) is 108 cm³/mol. The second kappa shape index (κ2) is 8.21. The molecule has 0 radical (unpaired) electrons. The standard InChI is InChI=1S/C20H31NO4S2/c1-3-16(2)21(19-13-14-26(22,23)15-19)27(24,25)20-11-9-18(10-12-20)17-7-5-4-6-8-17/h9-12,16-17,19H,3-8,13-15H2,1-2H3/t16-,19-/m0/s1. The highest BCUT2D eigenvalue weighted by Gasteiger charge is 2.40. The summed E-state index contributed by atoms with van der Waals surface area (Å²) in [7, 11) is -6.88. The van der Waals surface area contributed by atoms with Crippen LogP contribution in [0.3, 0.4) is 0 Å². The smallest absolute Gasteiger partial charge is 0.229 e. The summed E-state index contributed by atoms with van der Waals surface area (Å²) in [6.45, 7) is 3.79. The molecule has 2 fully saturated rings. The fourth-order valence-electron chi connectivity index (χ4n) is 4.42. The Bertz CT molecular complexity index is 840. The molecule has 0 N–H and O–H groups in total. The molecule has 0 unspecified atom stereocenters. The third-order valence-corrected chi connectivity index (χ3v) is 9.96. The predicted octanol–water partition coefficient (Wildman–Crippen LogP) is 3.71. The quantitative estimate of drug-likeness (QED) is 0.713. The zero-order valence-corrected chi connectivity index (χ0v) is 17.9. The average Bonchev–Trinajstić information content (AvgIpc) is 3.01. The largest absolute Gasteiger partial charge is 0.243 e. The first kappa shape index (κ1) is 20.8. The molecule has 0 bridgehead atoms. The van der Waals surface area contributed by atoms with Crippen LogP contribution in [0.25, 0.3) is 0 Å². The summed E-state index contributed by atoms with van der Waals surface area (Å²) in [5, 5.41) is 0. The maximum atomic E-state index is 13.3. The Morgan fingerprint density at radius 3 is 2.22 bits per heavy atom. The molecule has 1 heterocycles. The summed E-state index contributed by atoms with van der Waals surface area (Å²) in [4.78, 5) is 0.270. The topological polar surface area (TPSA) is 71.5 Å². The molecule has 1 saturated heterocycles. The van der Waals surface area contributed by atoms with Gasteiger partial charge in [0.1, 0.15) is 0 Å². The number of rotatable bonds is 6. The number of hydrogen-bond acceptors (Lipinski definition) is 4. The Labute approximate surface area is 164 Å². The Morgan fingerprint density at radius 2 is 1.70 bits per heavy atom. The second-order valence-electron chi connectivity index (χ2n) is 8.05. The highest BCUT2D eigenvalue weighted by Crippen LogP contribution is 2.34. The highest BCUT2D eigenvalue weighted by atomic mass is 32.2. The lowest BCUT2D eigenvalue weighted by Crippen LogP contribution is -2.46. The van der Waals surface area contributed by atoms with Crippen molar-refractivity contribution >= 4 is 19.9 Å². The van der Waals surface area contributed by atoms with Crippen LogP contribution in [0.2, 0.25) is 0 Å². The molecule has 152 valence electrons. The van der Waals surface area contributed by atoms with Crippen molar-refractivity contribution in [2.75, 3.05) is 11.5 Å². The van der Waals surface area contributed by atoms with Gasteiger partial charge < -0.3 is 0 Å². The minimum absolute atomic E-state index is 0.0702. The van der Waals surface area contributed by atoms with Crippen molar-refractivity contribution < 1.29 is 16.8 Å². The van der Waals surface area contributed by atoms with Gasteiger partial charge >= 0.3 is 0 Å². The van der Waals surface area contributed by atoms with Crippen LogP contribution in [0.15, 0.2) is 29.2 Å². The molecule has 1 aromatic carbocycles. The summed E-state index contributed by atoms with van der Waals surface area (Å²) in [6, 6.07) is 6.61. The van der Waals surface area contributed by atoms with Crippen molar-refractivity contribution in [3.8, 4) is 0 Å². The molecule has 1 saturated carbocycles. The Morgan fingerprint density at radius 1 is 1.07 bits per heavy atom. The maximum absolute atomic E-state index is 13.3. The number of sulfone groups is 1. The van der Waals surface area contributed by atoms with Crippen LogP contribution >= 0.6 is 0 Å². The molecule has 0 spiro atoms. The first-order valence-electron chi connectivity index (χ1n) is 10.1. The zero-order chi connectivity index (χ0) is 19.7. The van der Waals surface area contributed by atoms with Crippen molar-refractivity contribution in [3.63, 3.8) is 0 Å². The van der Waals surface area contributed by atoms with E-state index >= 15 is 0 Å². The van der Waals surface area contributed by atoms with Crippen molar-refractivity contribution in [3.05, 3.63) is 29.8 Å². The number of hydrogen-bond donors (Lipinski definition) is 0. The lowest BCUT2D eigenvalue weighted by molar-refractivity contribution is 0.271. The van der Waals surface area contributed by atoms with E-state index in [1.54, 1.807) is 12.1 Å². The fourth-order valence-corrected chi connectivity index (χ4v) is 8.14. The molecule has 1 aliphatic heterocycles. The van der Waals surface area contributed by atoms with Gasteiger partial charge in [-0.3, -0.25) is 0 Å². The van der Waals surface area contributed by atoms with Crippen LogP contribution in [-0.4, -0.2) is 44.7 Å². The normalized spacial score (nSPS) is 24.9. The molecule has 27 heavy (non-hydrogen) atoms. The molecular formula is C20H31NO4S2. The van der Waals surface area contributed by atoms with E-state index in [2.05, 4.69) is 0 Å². The van der Waals surface area contributed by atoms with Gasteiger partial charge in [-0.15, -0.1) is 0 Å². The second-order valence-corrected chi connectivity index (χ2v) is 12.1. The third-order valence-electron chi connectivity index (χ3n) is 6.13. The van der Waals surface area contributed by atoms with Gasteiger partial charge in [0.25, 0.3) is 0 Å². The average molecular weight is 414 g/mol. The molecule has 2 atom stereocenters. The van der Waals surface area contributed by atoms with Crippen LogP contribution < -0.4 is 0 Å². The first-order chi connectivity index (χ1) is 12.7. The number of benzene rings is 1. The summed E-state index contributed by atoms with van der Waals surface area (Å²) < 4.78 is 52.0. The van der Waals surface area contributed by atoms with Gasteiger partial charge in [-0.2, -0.15) is 4.31 Å². The minimum atomic E-state index is -3.72. The van der Waals surface area contributed by atoms with Crippen LogP contribution in [0, 0.1) is 0 Å². The van der Waals surface area contributed by atoms with Gasteiger partial charge in [-0.05, 0) is 56.2 Å². The van der Waals surface area contributed by atoms with Crippen molar-refractivity contribution in [1.29, 1.82) is 0 Å². The molecule has 0 aromatic heterocycles. The number of sulfonamides is 1. The molecule has 1 aliphatic carbocycles. The van der Waals surface area contributed by atoms with Crippen LogP contribution in [0.5, 0.6) is 0 Å². The van der Waals surface area contributed by atoms with Gasteiger partial charge in [-0.25, -0.2) is 16.8 Å². The third kappa shape index (κ3) is 4.57. The molecule has 5 nitrogen and oxygen atoms in total. The number of nitrogens with zero attached hydrogens (tertiary/aromatic N) is 1. The molecular weight excluding hydrogens is 382 g/mol. The van der Waals surface area contributed by atoms with Gasteiger partial charge in [0.2, 0.25) is 10.0 Å². The Hall–Kier alpha value is -0.920. The van der Waals surface area contributed by atoms with E-state index in [0.717, 1.165) is 0 Å². The van der Waals surface area contributed by atoms with Crippen molar-refractivity contribution in [2.45, 2.75) is 81.7 Å². The van der Waals surface area contributed by atoms with Crippen LogP contribution in [0.1, 0.15) is 70.3 Å². The minimum Gasteiger partial charge on any atom is -0.229 e. The van der Waals surface area contributed by atoms with Gasteiger partial charge in [-0.1, -0.05) is 38.3 Å². The highest BCUT2D eigenvalue weighted by molar-refractivity contribution is 7.92. The van der Waals surface area contributed by atoms with Gasteiger partial charge in [0, 0.05) is 12.1 Å². The van der Waals surface area contributed by atoms with Gasteiger partial charge in [0.05, 0.1) is 16.4 Å². The zero-order valence-electron chi connectivity index (χ0n) is 16.3. The summed E-state index contributed by atoms with van der Waals surface area (Å²) in [5.74, 6) is 0.526. The van der Waals surface area contributed by atoms with E-state index < -0.39 is 25.9 Å². The molecule has 3 rings (SSSR count). The van der Waals surface area contributed by atoms with Crippen LogP contribution in [0.4, 0.5) is 0 Å². The van der Waals surface area contributed by atoms with E-state index in [0.29, 0.717) is 18.8 Å². The Balaban J connectivity index is 1.87.